The van der Waals surface area contributed by atoms with Gasteiger partial charge in [-0.2, -0.15) is 0 Å². The number of piperazine rings is 1. The second-order valence-corrected chi connectivity index (χ2v) is 8.47. The van der Waals surface area contributed by atoms with Gasteiger partial charge in [0, 0.05) is 49.0 Å². The highest BCUT2D eigenvalue weighted by Crippen LogP contribution is 2.30. The van der Waals surface area contributed by atoms with Gasteiger partial charge in [-0.3, -0.25) is 19.9 Å². The summed E-state index contributed by atoms with van der Waals surface area (Å²) in [5.74, 6) is -1.05. The molecule has 4 rings (SSSR count). The molecule has 8 nitrogen and oxygen atoms in total. The summed E-state index contributed by atoms with van der Waals surface area (Å²) in [5.41, 5.74) is -0.314. The van der Waals surface area contributed by atoms with Crippen molar-refractivity contribution in [3.05, 3.63) is 59.1 Å². The highest BCUT2D eigenvalue weighted by Gasteiger charge is 2.49. The molecule has 1 aromatic carbocycles. The van der Waals surface area contributed by atoms with E-state index in [4.69, 9.17) is 11.6 Å². The van der Waals surface area contributed by atoms with E-state index in [2.05, 4.69) is 15.6 Å². The lowest BCUT2D eigenvalue weighted by atomic mass is 9.88. The molecular weight excluding hydrogens is 437 g/mol. The van der Waals surface area contributed by atoms with Crippen molar-refractivity contribution in [3.63, 3.8) is 0 Å². The average Bonchev–Trinajstić information content (AvgIpc) is 3.05. The van der Waals surface area contributed by atoms with Crippen molar-refractivity contribution >= 4 is 35.1 Å². The molecule has 2 atom stereocenters. The first-order valence-corrected chi connectivity index (χ1v) is 10.7. The van der Waals surface area contributed by atoms with Gasteiger partial charge in [0.15, 0.2) is 5.54 Å². The number of hydrogen-bond acceptors (Lipinski definition) is 5. The first-order chi connectivity index (χ1) is 15.3. The highest BCUT2D eigenvalue weighted by atomic mass is 35.5. The van der Waals surface area contributed by atoms with E-state index in [-0.39, 0.29) is 24.8 Å². The van der Waals surface area contributed by atoms with Crippen molar-refractivity contribution in [2.24, 2.45) is 0 Å². The van der Waals surface area contributed by atoms with Crippen LogP contribution in [0.1, 0.15) is 25.5 Å². The van der Waals surface area contributed by atoms with Crippen molar-refractivity contribution in [3.8, 4) is 0 Å². The fourth-order valence-electron chi connectivity index (χ4n) is 4.32. The van der Waals surface area contributed by atoms with Crippen LogP contribution < -0.4 is 15.5 Å². The van der Waals surface area contributed by atoms with Gasteiger partial charge in [-0.1, -0.05) is 17.7 Å². The summed E-state index contributed by atoms with van der Waals surface area (Å²) in [4.78, 5) is 45.4. The maximum atomic E-state index is 13.8. The fourth-order valence-corrected chi connectivity index (χ4v) is 4.53. The Bertz CT molecular complexity index is 1030. The van der Waals surface area contributed by atoms with Crippen LogP contribution >= 0.6 is 11.6 Å². The molecule has 3 heterocycles. The van der Waals surface area contributed by atoms with E-state index in [9.17, 15) is 18.8 Å². The molecule has 10 heteroatoms. The Balaban J connectivity index is 1.43. The van der Waals surface area contributed by atoms with Gasteiger partial charge in [0.25, 0.3) is 5.91 Å². The van der Waals surface area contributed by atoms with Crippen LogP contribution in [0.15, 0.2) is 42.6 Å². The fraction of sp³-hybridized carbons (Fsp3) is 0.364. The third-order valence-electron chi connectivity index (χ3n) is 5.92. The Morgan fingerprint density at radius 1 is 1.28 bits per heavy atom. The van der Waals surface area contributed by atoms with E-state index in [1.807, 2.05) is 11.8 Å². The molecule has 4 amide bonds. The number of amides is 4. The largest absolute Gasteiger partial charge is 0.365 e. The number of rotatable bonds is 5. The van der Waals surface area contributed by atoms with E-state index in [1.165, 1.54) is 18.3 Å². The number of carbonyl (C=O) groups is 3. The number of nitrogens with zero attached hydrogens (tertiary/aromatic N) is 3. The Morgan fingerprint density at radius 2 is 2.09 bits per heavy atom. The SMILES string of the molecule is C[C@H]1CN(C(=O)CCC2(c3ccccn3)NC(=O)NC2=O)CCN1c1cc(F)cc(Cl)c1. The van der Waals surface area contributed by atoms with Gasteiger partial charge in [0.1, 0.15) is 5.82 Å². The highest BCUT2D eigenvalue weighted by molar-refractivity contribution is 6.30. The third-order valence-corrected chi connectivity index (χ3v) is 6.13. The standard InChI is InChI=1S/C22H23ClFN5O3/c1-14-13-28(8-9-29(14)17-11-15(23)10-16(24)12-17)19(30)5-6-22(18-4-2-3-7-25-18)20(31)26-21(32)27-22/h2-4,7,10-12,14H,5-6,8-9,13H2,1H3,(H2,26,27,31,32)/t14-,22?/m0/s1. The predicted octanol–water partition coefficient (Wildman–Crippen LogP) is 2.43. The number of imide groups is 1. The topological polar surface area (TPSA) is 94.6 Å². The maximum Gasteiger partial charge on any atom is 0.322 e. The van der Waals surface area contributed by atoms with Crippen molar-refractivity contribution in [1.82, 2.24) is 20.5 Å². The normalized spacial score (nSPS) is 23.2. The van der Waals surface area contributed by atoms with Crippen molar-refractivity contribution in [1.29, 1.82) is 0 Å². The van der Waals surface area contributed by atoms with Gasteiger partial charge in [0.2, 0.25) is 5.91 Å². The number of benzene rings is 1. The number of anilines is 1. The van der Waals surface area contributed by atoms with E-state index < -0.39 is 23.3 Å². The average molecular weight is 460 g/mol. The van der Waals surface area contributed by atoms with Crippen LogP contribution in [-0.4, -0.2) is 53.4 Å². The van der Waals surface area contributed by atoms with E-state index in [1.54, 1.807) is 29.2 Å². The molecule has 2 fully saturated rings. The molecule has 0 spiro atoms. The predicted molar refractivity (Wildman–Crippen MR) is 117 cm³/mol. The first-order valence-electron chi connectivity index (χ1n) is 10.3. The van der Waals surface area contributed by atoms with Crippen LogP contribution in [0.3, 0.4) is 0 Å². The lowest BCUT2D eigenvalue weighted by Crippen LogP contribution is -2.54. The summed E-state index contributed by atoms with van der Waals surface area (Å²) < 4.78 is 13.8. The molecule has 1 unspecified atom stereocenters. The molecule has 168 valence electrons. The number of halogens is 2. The lowest BCUT2D eigenvalue weighted by molar-refractivity contribution is -0.133. The van der Waals surface area contributed by atoms with Crippen LogP contribution in [0, 0.1) is 5.82 Å². The smallest absolute Gasteiger partial charge is 0.322 e. The molecule has 0 saturated carbocycles. The number of nitrogens with one attached hydrogen (secondary N) is 2. The number of aromatic nitrogens is 1. The van der Waals surface area contributed by atoms with Crippen LogP contribution in [0.4, 0.5) is 14.9 Å². The Kier molecular flexibility index (Phi) is 6.01. The molecule has 2 aromatic rings. The quantitative estimate of drug-likeness (QED) is 0.670. The molecule has 2 saturated heterocycles. The molecule has 32 heavy (non-hydrogen) atoms. The zero-order chi connectivity index (χ0) is 22.9. The van der Waals surface area contributed by atoms with Crippen molar-refractivity contribution in [2.75, 3.05) is 24.5 Å². The van der Waals surface area contributed by atoms with Crippen LogP contribution in [0.5, 0.6) is 0 Å². The number of pyridine rings is 1. The Labute approximate surface area is 189 Å². The summed E-state index contributed by atoms with van der Waals surface area (Å²) in [6.07, 6.45) is 1.69. The van der Waals surface area contributed by atoms with Crippen LogP contribution in [0.25, 0.3) is 0 Å². The van der Waals surface area contributed by atoms with Gasteiger partial charge in [-0.25, -0.2) is 9.18 Å². The minimum atomic E-state index is -1.38. The summed E-state index contributed by atoms with van der Waals surface area (Å²) in [6.45, 7) is 3.38. The molecule has 2 aliphatic heterocycles. The minimum Gasteiger partial charge on any atom is -0.365 e. The van der Waals surface area contributed by atoms with Gasteiger partial charge >= 0.3 is 6.03 Å². The zero-order valence-electron chi connectivity index (χ0n) is 17.5. The molecule has 2 N–H and O–H groups in total. The molecule has 0 aliphatic carbocycles. The van der Waals surface area contributed by atoms with Gasteiger partial charge < -0.3 is 15.1 Å². The van der Waals surface area contributed by atoms with Gasteiger partial charge in [-0.15, -0.1) is 0 Å². The Morgan fingerprint density at radius 3 is 2.72 bits per heavy atom. The minimum absolute atomic E-state index is 0.0511. The first kappa shape index (κ1) is 22.0. The van der Waals surface area contributed by atoms with Crippen LogP contribution in [0.2, 0.25) is 5.02 Å². The molecular formula is C22H23ClFN5O3. The maximum absolute atomic E-state index is 13.8. The molecule has 0 bridgehead atoms. The van der Waals surface area contributed by atoms with Crippen LogP contribution in [-0.2, 0) is 15.1 Å². The monoisotopic (exact) mass is 459 g/mol. The van der Waals surface area contributed by atoms with E-state index >= 15 is 0 Å². The van der Waals surface area contributed by atoms with Crippen molar-refractivity contribution < 1.29 is 18.8 Å². The van der Waals surface area contributed by atoms with E-state index in [0.717, 1.165) is 0 Å². The van der Waals surface area contributed by atoms with E-state index in [0.29, 0.717) is 36.0 Å². The van der Waals surface area contributed by atoms with Gasteiger partial charge in [-0.05, 0) is 43.7 Å². The summed E-state index contributed by atoms with van der Waals surface area (Å²) in [7, 11) is 0. The molecule has 0 radical (unpaired) electrons. The second-order valence-electron chi connectivity index (χ2n) is 8.04. The number of carbonyl (C=O) groups excluding carboxylic acids is 3. The lowest BCUT2D eigenvalue weighted by Gasteiger charge is -2.41. The molecule has 2 aliphatic rings. The van der Waals surface area contributed by atoms with Gasteiger partial charge in [0.05, 0.1) is 5.69 Å². The molecule has 1 aromatic heterocycles. The van der Waals surface area contributed by atoms with Crippen molar-refractivity contribution in [2.45, 2.75) is 31.3 Å². The summed E-state index contributed by atoms with van der Waals surface area (Å²) >= 11 is 5.99. The number of hydrogen-bond donors (Lipinski definition) is 2. The number of urea groups is 1. The summed E-state index contributed by atoms with van der Waals surface area (Å²) in [6, 6.07) is 8.82. The third kappa shape index (κ3) is 4.25. The second kappa shape index (κ2) is 8.74. The Hall–Kier alpha value is -3.20. The summed E-state index contributed by atoms with van der Waals surface area (Å²) in [5, 5.41) is 5.22. The zero-order valence-corrected chi connectivity index (χ0v) is 18.2.